The number of carbonyl (C=O) groups excluding carboxylic acids is 1. The van der Waals surface area contributed by atoms with Crippen molar-refractivity contribution in [3.05, 3.63) is 83.4 Å². The first kappa shape index (κ1) is 21.1. The Bertz CT molecular complexity index is 1180. The smallest absolute Gasteiger partial charge is 0.298 e. The Labute approximate surface area is 185 Å². The van der Waals surface area contributed by atoms with Crippen LogP contribution in [0.5, 0.6) is 23.0 Å². The van der Waals surface area contributed by atoms with Gasteiger partial charge in [0.05, 0.1) is 26.9 Å². The van der Waals surface area contributed by atoms with Crippen LogP contribution >= 0.6 is 0 Å². The summed E-state index contributed by atoms with van der Waals surface area (Å²) in [6, 6.07) is 20.7. The first-order valence-electron chi connectivity index (χ1n) is 9.92. The Balaban J connectivity index is 1.72. The molecule has 0 saturated heterocycles. The second-order valence-corrected chi connectivity index (χ2v) is 6.94. The van der Waals surface area contributed by atoms with Crippen LogP contribution in [0.2, 0.25) is 0 Å². The predicted octanol–water partition coefficient (Wildman–Crippen LogP) is 5.15. The van der Waals surface area contributed by atoms with Gasteiger partial charge in [-0.05, 0) is 35.4 Å². The summed E-state index contributed by atoms with van der Waals surface area (Å²) in [5, 5.41) is 7.92. The quantitative estimate of drug-likeness (QED) is 0.494. The van der Waals surface area contributed by atoms with Crippen LogP contribution in [0.4, 0.5) is 0 Å². The third kappa shape index (κ3) is 4.18. The van der Waals surface area contributed by atoms with Gasteiger partial charge < -0.3 is 18.9 Å². The minimum Gasteiger partial charge on any atom is -0.493 e. The summed E-state index contributed by atoms with van der Waals surface area (Å²) in [6.45, 7) is 0.422. The van der Waals surface area contributed by atoms with E-state index in [1.54, 1.807) is 12.1 Å². The minimum absolute atomic E-state index is 0.379. The lowest BCUT2D eigenvalue weighted by Gasteiger charge is -2.14. The Morgan fingerprint density at radius 2 is 1.47 bits per heavy atom. The van der Waals surface area contributed by atoms with Crippen LogP contribution in [0, 0.1) is 0 Å². The zero-order valence-electron chi connectivity index (χ0n) is 18.0. The van der Waals surface area contributed by atoms with Crippen molar-refractivity contribution in [1.29, 1.82) is 0 Å². The van der Waals surface area contributed by atoms with Gasteiger partial charge >= 0.3 is 0 Å². The van der Waals surface area contributed by atoms with Crippen molar-refractivity contribution in [1.82, 2.24) is 0 Å². The van der Waals surface area contributed by atoms with Crippen LogP contribution in [0.25, 0.3) is 11.3 Å². The first-order valence-corrected chi connectivity index (χ1v) is 9.92. The summed E-state index contributed by atoms with van der Waals surface area (Å²) in [6.07, 6.45) is 0. The lowest BCUT2D eigenvalue weighted by molar-refractivity contribution is -0.112. The average Bonchev–Trinajstić information content (AvgIpc) is 3.23. The molecule has 1 aliphatic heterocycles. The molecule has 0 spiro atoms. The number of carbonyl (C=O) groups is 1. The van der Waals surface area contributed by atoms with Gasteiger partial charge in [0.15, 0.2) is 11.5 Å². The van der Waals surface area contributed by atoms with E-state index in [1.807, 2.05) is 54.6 Å². The maximum atomic E-state index is 12.6. The lowest BCUT2D eigenvalue weighted by Crippen LogP contribution is -2.00. The molecule has 1 heterocycles. The van der Waals surface area contributed by atoms with Crippen molar-refractivity contribution < 1.29 is 23.7 Å². The topological polar surface area (TPSA) is 78.7 Å². The van der Waals surface area contributed by atoms with Crippen LogP contribution in [-0.2, 0) is 11.4 Å². The molecular weight excluding hydrogens is 408 g/mol. The van der Waals surface area contributed by atoms with Crippen molar-refractivity contribution in [2.75, 3.05) is 21.3 Å². The summed E-state index contributed by atoms with van der Waals surface area (Å²) in [4.78, 5) is 12.6. The normalized spacial score (nSPS) is 12.8. The van der Waals surface area contributed by atoms with Crippen LogP contribution < -0.4 is 18.9 Å². The van der Waals surface area contributed by atoms with Crippen LogP contribution in [-0.4, -0.2) is 27.2 Å². The summed E-state index contributed by atoms with van der Waals surface area (Å²) < 4.78 is 22.2. The fraction of sp³-hybridized carbons (Fsp3) is 0.160. The SMILES string of the molecule is COc1cc(C2=C(c3cccc(OCc4ccccc4)c3)C(=O)N=N2)cc(OC)c1OC. The molecule has 3 aromatic carbocycles. The van der Waals surface area contributed by atoms with Gasteiger partial charge in [0.2, 0.25) is 5.75 Å². The van der Waals surface area contributed by atoms with E-state index >= 15 is 0 Å². The second kappa shape index (κ2) is 9.34. The third-order valence-electron chi connectivity index (χ3n) is 5.00. The Morgan fingerprint density at radius 1 is 0.750 bits per heavy atom. The van der Waals surface area contributed by atoms with Gasteiger partial charge in [-0.15, -0.1) is 10.2 Å². The van der Waals surface area contributed by atoms with Crippen LogP contribution in [0.15, 0.2) is 77.0 Å². The highest BCUT2D eigenvalue weighted by atomic mass is 16.5. The molecule has 0 N–H and O–H groups in total. The number of amides is 1. The maximum absolute atomic E-state index is 12.6. The molecule has 1 amide bonds. The van der Waals surface area contributed by atoms with Gasteiger partial charge in [-0.1, -0.05) is 42.5 Å². The molecule has 0 fully saturated rings. The van der Waals surface area contributed by atoms with Gasteiger partial charge in [-0.25, -0.2) is 0 Å². The number of methoxy groups -OCH3 is 3. The van der Waals surface area contributed by atoms with E-state index < -0.39 is 5.91 Å². The molecule has 7 nitrogen and oxygen atoms in total. The third-order valence-corrected chi connectivity index (χ3v) is 5.00. The summed E-state index contributed by atoms with van der Waals surface area (Å²) in [5.74, 6) is 1.60. The molecule has 32 heavy (non-hydrogen) atoms. The van der Waals surface area contributed by atoms with Crippen LogP contribution in [0.1, 0.15) is 16.7 Å². The fourth-order valence-corrected chi connectivity index (χ4v) is 3.46. The number of rotatable bonds is 8. The highest BCUT2D eigenvalue weighted by Gasteiger charge is 2.26. The first-order chi connectivity index (χ1) is 15.6. The molecule has 0 bridgehead atoms. The fourth-order valence-electron chi connectivity index (χ4n) is 3.46. The van der Waals surface area contributed by atoms with Crippen LogP contribution in [0.3, 0.4) is 0 Å². The molecule has 0 unspecified atom stereocenters. The monoisotopic (exact) mass is 430 g/mol. The maximum Gasteiger partial charge on any atom is 0.298 e. The Hall–Kier alpha value is -4.13. The van der Waals surface area contributed by atoms with Gasteiger partial charge in [-0.3, -0.25) is 4.79 Å². The predicted molar refractivity (Wildman–Crippen MR) is 120 cm³/mol. The van der Waals surface area contributed by atoms with Crippen molar-refractivity contribution in [3.63, 3.8) is 0 Å². The van der Waals surface area contributed by atoms with Crippen molar-refractivity contribution in [2.45, 2.75) is 6.61 Å². The Kier molecular flexibility index (Phi) is 6.17. The molecule has 7 heteroatoms. The van der Waals surface area contributed by atoms with Crippen molar-refractivity contribution >= 4 is 17.2 Å². The van der Waals surface area contributed by atoms with E-state index in [2.05, 4.69) is 10.2 Å². The second-order valence-electron chi connectivity index (χ2n) is 6.94. The molecule has 0 aromatic heterocycles. The molecule has 3 aromatic rings. The molecule has 0 saturated carbocycles. The zero-order chi connectivity index (χ0) is 22.5. The number of benzene rings is 3. The van der Waals surface area contributed by atoms with Crippen molar-refractivity contribution in [2.24, 2.45) is 10.2 Å². The zero-order valence-corrected chi connectivity index (χ0v) is 18.0. The number of nitrogens with zero attached hydrogens (tertiary/aromatic N) is 2. The molecule has 1 aliphatic rings. The molecule has 162 valence electrons. The van der Waals surface area contributed by atoms with Gasteiger partial charge in [0.25, 0.3) is 5.91 Å². The standard InChI is InChI=1S/C25H22N2O5/c1-29-20-13-18(14-21(30-2)24(20)31-3)23-22(25(28)27-26-23)17-10-7-11-19(12-17)32-15-16-8-5-4-6-9-16/h4-14H,15H2,1-3H3. The average molecular weight is 430 g/mol. The summed E-state index contributed by atoms with van der Waals surface area (Å²) in [5.41, 5.74) is 3.14. The molecule has 4 rings (SSSR count). The number of azo groups is 1. The van der Waals surface area contributed by atoms with Gasteiger partial charge in [0.1, 0.15) is 18.1 Å². The molecule has 0 radical (unpaired) electrons. The Morgan fingerprint density at radius 3 is 2.12 bits per heavy atom. The molecular formula is C25H22N2O5. The van der Waals surface area contributed by atoms with Crippen molar-refractivity contribution in [3.8, 4) is 23.0 Å². The van der Waals surface area contributed by atoms with E-state index in [1.165, 1.54) is 21.3 Å². The molecule has 0 aliphatic carbocycles. The largest absolute Gasteiger partial charge is 0.493 e. The highest BCUT2D eigenvalue weighted by molar-refractivity contribution is 6.29. The van der Waals surface area contributed by atoms with E-state index in [0.717, 1.165) is 5.56 Å². The summed E-state index contributed by atoms with van der Waals surface area (Å²) in [7, 11) is 4.60. The number of hydrogen-bond acceptors (Lipinski definition) is 6. The van der Waals surface area contributed by atoms with Gasteiger partial charge in [0, 0.05) is 5.56 Å². The number of hydrogen-bond donors (Lipinski definition) is 0. The van der Waals surface area contributed by atoms with Gasteiger partial charge in [-0.2, -0.15) is 0 Å². The number of ether oxygens (including phenoxy) is 4. The summed E-state index contributed by atoms with van der Waals surface area (Å²) >= 11 is 0. The lowest BCUT2D eigenvalue weighted by atomic mass is 9.99. The van der Waals surface area contributed by atoms with E-state index in [9.17, 15) is 4.79 Å². The minimum atomic E-state index is -0.422. The van der Waals surface area contributed by atoms with E-state index in [-0.39, 0.29) is 0 Å². The van der Waals surface area contributed by atoms with E-state index in [0.29, 0.717) is 52.0 Å². The van der Waals surface area contributed by atoms with E-state index in [4.69, 9.17) is 18.9 Å². The molecule has 0 atom stereocenters. The highest BCUT2D eigenvalue weighted by Crippen LogP contribution is 2.43.